The van der Waals surface area contributed by atoms with Gasteiger partial charge in [0, 0.05) is 33.1 Å². The first-order valence-corrected chi connectivity index (χ1v) is 9.11. The summed E-state index contributed by atoms with van der Waals surface area (Å²) in [4.78, 5) is 27.9. The van der Waals surface area contributed by atoms with E-state index in [0.717, 1.165) is 23.3 Å². The zero-order valence-corrected chi connectivity index (χ0v) is 16.0. The van der Waals surface area contributed by atoms with E-state index in [9.17, 15) is 9.59 Å². The Morgan fingerprint density at radius 2 is 1.68 bits per heavy atom. The molecule has 1 heterocycles. The van der Waals surface area contributed by atoms with Crippen LogP contribution in [0.5, 0.6) is 5.75 Å². The lowest BCUT2D eigenvalue weighted by Gasteiger charge is -2.26. The first-order chi connectivity index (χ1) is 11.8. The van der Waals surface area contributed by atoms with Crippen molar-refractivity contribution in [1.29, 1.82) is 0 Å². The second-order valence-corrected chi connectivity index (χ2v) is 7.14. The zero-order chi connectivity index (χ0) is 18.6. The molecule has 1 aliphatic heterocycles. The highest BCUT2D eigenvalue weighted by atomic mass is 16.5. The Labute approximate surface area is 150 Å². The van der Waals surface area contributed by atoms with Gasteiger partial charge in [0.1, 0.15) is 5.75 Å². The molecule has 0 aliphatic carbocycles. The normalized spacial score (nSPS) is 16.6. The van der Waals surface area contributed by atoms with Gasteiger partial charge < -0.3 is 14.5 Å². The molecule has 1 aromatic carbocycles. The zero-order valence-electron chi connectivity index (χ0n) is 16.0. The van der Waals surface area contributed by atoms with E-state index in [1.165, 1.54) is 0 Å². The van der Waals surface area contributed by atoms with Gasteiger partial charge in [0.15, 0.2) is 6.10 Å². The van der Waals surface area contributed by atoms with E-state index < -0.39 is 6.10 Å². The van der Waals surface area contributed by atoms with Gasteiger partial charge in [-0.2, -0.15) is 0 Å². The van der Waals surface area contributed by atoms with Crippen molar-refractivity contribution in [3.8, 4) is 5.75 Å². The molecule has 0 spiro atoms. The number of hydrogen-bond acceptors (Lipinski definition) is 3. The van der Waals surface area contributed by atoms with Crippen LogP contribution in [0.25, 0.3) is 0 Å². The molecule has 1 aromatic rings. The van der Waals surface area contributed by atoms with Crippen molar-refractivity contribution in [1.82, 2.24) is 9.80 Å². The van der Waals surface area contributed by atoms with Crippen molar-refractivity contribution in [2.75, 3.05) is 26.2 Å². The molecule has 0 bridgehead atoms. The van der Waals surface area contributed by atoms with Crippen molar-refractivity contribution in [3.63, 3.8) is 0 Å². The van der Waals surface area contributed by atoms with Crippen molar-refractivity contribution < 1.29 is 14.3 Å². The quantitative estimate of drug-likeness (QED) is 0.842. The van der Waals surface area contributed by atoms with Crippen molar-refractivity contribution in [3.05, 3.63) is 29.3 Å². The summed E-state index contributed by atoms with van der Waals surface area (Å²) < 4.78 is 6.05. The van der Waals surface area contributed by atoms with Crippen LogP contribution in [-0.2, 0) is 9.59 Å². The van der Waals surface area contributed by atoms with Crippen molar-refractivity contribution in [2.45, 2.75) is 53.1 Å². The largest absolute Gasteiger partial charge is 0.481 e. The van der Waals surface area contributed by atoms with Gasteiger partial charge in [-0.25, -0.2) is 0 Å². The standard InChI is InChI=1S/C20H30N2O3/c1-14(2)18-8-7-15(3)13-19(18)25-16(4)20(24)22-10-6-9-21(11-12-22)17(5)23/h7-8,13-14,16H,6,9-12H2,1-5H3. The number of carbonyl (C=O) groups is 2. The summed E-state index contributed by atoms with van der Waals surface area (Å²) in [6, 6.07) is 6.14. The molecule has 25 heavy (non-hydrogen) atoms. The summed E-state index contributed by atoms with van der Waals surface area (Å²) in [6.07, 6.45) is 0.267. The second kappa shape index (κ2) is 8.37. The minimum absolute atomic E-state index is 0.0124. The highest BCUT2D eigenvalue weighted by Gasteiger charge is 2.26. The maximum atomic E-state index is 12.8. The van der Waals surface area contributed by atoms with E-state index in [4.69, 9.17) is 4.74 Å². The van der Waals surface area contributed by atoms with E-state index in [2.05, 4.69) is 26.0 Å². The molecule has 5 nitrogen and oxygen atoms in total. The Morgan fingerprint density at radius 3 is 2.32 bits per heavy atom. The fourth-order valence-corrected chi connectivity index (χ4v) is 3.17. The highest BCUT2D eigenvalue weighted by Crippen LogP contribution is 2.28. The molecular weight excluding hydrogens is 316 g/mol. The summed E-state index contributed by atoms with van der Waals surface area (Å²) in [6.45, 7) is 12.2. The lowest BCUT2D eigenvalue weighted by molar-refractivity contribution is -0.138. The van der Waals surface area contributed by atoms with Crippen LogP contribution in [0.3, 0.4) is 0 Å². The van der Waals surface area contributed by atoms with Gasteiger partial charge in [-0.1, -0.05) is 26.0 Å². The SMILES string of the molecule is CC(=O)N1CCCN(C(=O)C(C)Oc2cc(C)ccc2C(C)C)CC1. The van der Waals surface area contributed by atoms with Gasteiger partial charge in [0.05, 0.1) is 0 Å². The molecule has 2 rings (SSSR count). The van der Waals surface area contributed by atoms with Gasteiger partial charge in [0.25, 0.3) is 5.91 Å². The van der Waals surface area contributed by atoms with Crippen LogP contribution in [0.4, 0.5) is 0 Å². The first-order valence-electron chi connectivity index (χ1n) is 9.11. The average molecular weight is 346 g/mol. The minimum atomic E-state index is -0.539. The second-order valence-electron chi connectivity index (χ2n) is 7.14. The fourth-order valence-electron chi connectivity index (χ4n) is 3.17. The number of hydrogen-bond donors (Lipinski definition) is 0. The predicted molar refractivity (Wildman–Crippen MR) is 98.8 cm³/mol. The molecule has 5 heteroatoms. The third-order valence-electron chi connectivity index (χ3n) is 4.70. The summed E-state index contributed by atoms with van der Waals surface area (Å²) in [5, 5.41) is 0. The lowest BCUT2D eigenvalue weighted by Crippen LogP contribution is -2.42. The molecule has 1 aliphatic rings. The van der Waals surface area contributed by atoms with Gasteiger partial charge in [-0.3, -0.25) is 9.59 Å². The Hall–Kier alpha value is -2.04. The summed E-state index contributed by atoms with van der Waals surface area (Å²) in [5.41, 5.74) is 2.23. The number of ether oxygens (including phenoxy) is 1. The molecule has 0 aromatic heterocycles. The number of benzene rings is 1. The van der Waals surface area contributed by atoms with Crippen LogP contribution in [0.1, 0.15) is 51.2 Å². The summed E-state index contributed by atoms with van der Waals surface area (Å²) >= 11 is 0. The van der Waals surface area contributed by atoms with Crippen LogP contribution < -0.4 is 4.74 Å². The molecule has 138 valence electrons. The Balaban J connectivity index is 2.05. The first kappa shape index (κ1) is 19.3. The molecule has 0 saturated carbocycles. The van der Waals surface area contributed by atoms with Gasteiger partial charge in [0.2, 0.25) is 5.91 Å². The number of nitrogens with zero attached hydrogens (tertiary/aromatic N) is 2. The maximum Gasteiger partial charge on any atom is 0.263 e. The van der Waals surface area contributed by atoms with E-state index >= 15 is 0 Å². The van der Waals surface area contributed by atoms with E-state index in [1.54, 1.807) is 11.8 Å². The summed E-state index contributed by atoms with van der Waals surface area (Å²) in [5.74, 6) is 1.18. The van der Waals surface area contributed by atoms with Gasteiger partial charge >= 0.3 is 0 Å². The predicted octanol–water partition coefficient (Wildman–Crippen LogP) is 2.97. The van der Waals surface area contributed by atoms with Gasteiger partial charge in [-0.05, 0) is 43.4 Å². The molecule has 0 radical (unpaired) electrons. The smallest absolute Gasteiger partial charge is 0.263 e. The van der Waals surface area contributed by atoms with Crippen molar-refractivity contribution >= 4 is 11.8 Å². The Bertz CT molecular complexity index is 627. The molecular formula is C20H30N2O3. The Kier molecular flexibility index (Phi) is 6.45. The molecule has 1 fully saturated rings. The number of carbonyl (C=O) groups excluding carboxylic acids is 2. The molecule has 0 N–H and O–H groups in total. The monoisotopic (exact) mass is 346 g/mol. The van der Waals surface area contributed by atoms with Crippen LogP contribution in [-0.4, -0.2) is 53.9 Å². The molecule has 1 unspecified atom stereocenters. The number of amides is 2. The van der Waals surface area contributed by atoms with Crippen molar-refractivity contribution in [2.24, 2.45) is 0 Å². The maximum absolute atomic E-state index is 12.8. The molecule has 2 amide bonds. The fraction of sp³-hybridized carbons (Fsp3) is 0.600. The van der Waals surface area contributed by atoms with Crippen LogP contribution in [0.15, 0.2) is 18.2 Å². The van der Waals surface area contributed by atoms with Crippen LogP contribution in [0.2, 0.25) is 0 Å². The van der Waals surface area contributed by atoms with E-state index in [0.29, 0.717) is 32.1 Å². The molecule has 1 saturated heterocycles. The summed E-state index contributed by atoms with van der Waals surface area (Å²) in [7, 11) is 0. The van der Waals surface area contributed by atoms with E-state index in [-0.39, 0.29) is 11.8 Å². The van der Waals surface area contributed by atoms with Gasteiger partial charge in [-0.15, -0.1) is 0 Å². The minimum Gasteiger partial charge on any atom is -0.481 e. The number of rotatable bonds is 4. The third kappa shape index (κ3) is 4.97. The Morgan fingerprint density at radius 1 is 1.04 bits per heavy atom. The topological polar surface area (TPSA) is 49.9 Å². The van der Waals surface area contributed by atoms with Crippen LogP contribution in [0, 0.1) is 6.92 Å². The van der Waals surface area contributed by atoms with E-state index in [1.807, 2.05) is 24.8 Å². The van der Waals surface area contributed by atoms with Crippen LogP contribution >= 0.6 is 0 Å². The molecule has 1 atom stereocenters. The highest BCUT2D eigenvalue weighted by molar-refractivity contribution is 5.81. The average Bonchev–Trinajstić information content (AvgIpc) is 2.80. The third-order valence-corrected chi connectivity index (χ3v) is 4.70. The number of aryl methyl sites for hydroxylation is 1. The lowest BCUT2D eigenvalue weighted by atomic mass is 10.0.